The maximum absolute atomic E-state index is 12.1. The number of amides is 1. The minimum absolute atomic E-state index is 0.00102. The molecule has 0 aliphatic carbocycles. The number of β-amino-alcohol motifs (C(OH)–C–C–N with tert-alkyl or cyclic N) is 1. The molecule has 4 heteroatoms. The number of rotatable bonds is 1. The average Bonchev–Trinajstić information content (AvgIpc) is 2.71. The van der Waals surface area contributed by atoms with Gasteiger partial charge >= 0.3 is 0 Å². The largest absolute Gasteiger partial charge is 0.388 e. The fourth-order valence-corrected chi connectivity index (χ4v) is 2.42. The molecule has 86 valence electrons. The molecule has 3 atom stereocenters. The summed E-state index contributed by atoms with van der Waals surface area (Å²) in [6.07, 6.45) is 1.53. The Balaban J connectivity index is 1.97. The number of likely N-dealkylation sites (tertiary alicyclic amines) is 1. The second-order valence-corrected chi connectivity index (χ2v) is 4.98. The number of carbonyl (C=O) groups excluding carboxylic acids is 1. The molecule has 2 fully saturated rings. The zero-order valence-corrected chi connectivity index (χ0v) is 9.40. The Kier molecular flexibility index (Phi) is 2.73. The maximum Gasteiger partial charge on any atom is 0.228 e. The molecule has 15 heavy (non-hydrogen) atoms. The number of aliphatic hydroxyl groups is 1. The van der Waals surface area contributed by atoms with Crippen molar-refractivity contribution in [3.05, 3.63) is 0 Å². The van der Waals surface area contributed by atoms with E-state index in [0.717, 1.165) is 6.42 Å². The SMILES string of the molecule is CC1OCCC1C(=O)N1CCC(C)(O)C1. The lowest BCUT2D eigenvalue weighted by atomic mass is 10.0. The van der Waals surface area contributed by atoms with Crippen LogP contribution in [0.2, 0.25) is 0 Å². The van der Waals surface area contributed by atoms with Crippen molar-refractivity contribution < 1.29 is 14.6 Å². The fraction of sp³-hybridized carbons (Fsp3) is 0.909. The van der Waals surface area contributed by atoms with Gasteiger partial charge in [0.15, 0.2) is 0 Å². The minimum Gasteiger partial charge on any atom is -0.388 e. The van der Waals surface area contributed by atoms with Gasteiger partial charge in [0, 0.05) is 19.7 Å². The van der Waals surface area contributed by atoms with Gasteiger partial charge in [0.2, 0.25) is 5.91 Å². The third kappa shape index (κ3) is 2.16. The Morgan fingerprint density at radius 1 is 1.60 bits per heavy atom. The summed E-state index contributed by atoms with van der Waals surface area (Å²) in [4.78, 5) is 13.9. The normalized spacial score (nSPS) is 41.1. The summed E-state index contributed by atoms with van der Waals surface area (Å²) in [7, 11) is 0. The van der Waals surface area contributed by atoms with E-state index in [4.69, 9.17) is 4.74 Å². The molecule has 2 aliphatic rings. The zero-order chi connectivity index (χ0) is 11.1. The molecule has 0 bridgehead atoms. The Labute approximate surface area is 90.2 Å². The summed E-state index contributed by atoms with van der Waals surface area (Å²) in [6, 6.07) is 0. The number of nitrogens with zero attached hydrogens (tertiary/aromatic N) is 1. The third-order valence-corrected chi connectivity index (χ3v) is 3.46. The maximum atomic E-state index is 12.1. The Hall–Kier alpha value is -0.610. The van der Waals surface area contributed by atoms with Crippen LogP contribution in [0.5, 0.6) is 0 Å². The van der Waals surface area contributed by atoms with Crippen LogP contribution in [-0.2, 0) is 9.53 Å². The molecular weight excluding hydrogens is 194 g/mol. The molecule has 4 nitrogen and oxygen atoms in total. The van der Waals surface area contributed by atoms with E-state index in [-0.39, 0.29) is 17.9 Å². The van der Waals surface area contributed by atoms with Gasteiger partial charge < -0.3 is 14.7 Å². The summed E-state index contributed by atoms with van der Waals surface area (Å²) in [5, 5.41) is 9.80. The highest BCUT2D eigenvalue weighted by molar-refractivity contribution is 5.80. The van der Waals surface area contributed by atoms with Gasteiger partial charge in [-0.25, -0.2) is 0 Å². The first-order chi connectivity index (χ1) is 6.99. The molecule has 2 heterocycles. The molecule has 0 radical (unpaired) electrons. The first kappa shape index (κ1) is 10.9. The van der Waals surface area contributed by atoms with E-state index < -0.39 is 5.60 Å². The summed E-state index contributed by atoms with van der Waals surface area (Å²) in [5.41, 5.74) is -0.696. The van der Waals surface area contributed by atoms with Crippen LogP contribution in [-0.4, -0.2) is 47.3 Å². The molecule has 0 saturated carbocycles. The molecule has 2 aliphatic heterocycles. The highest BCUT2D eigenvalue weighted by atomic mass is 16.5. The van der Waals surface area contributed by atoms with E-state index >= 15 is 0 Å². The van der Waals surface area contributed by atoms with Crippen LogP contribution in [0.1, 0.15) is 26.7 Å². The van der Waals surface area contributed by atoms with Crippen LogP contribution in [0.15, 0.2) is 0 Å². The Bertz CT molecular complexity index is 265. The van der Waals surface area contributed by atoms with E-state index in [1.807, 2.05) is 6.92 Å². The lowest BCUT2D eigenvalue weighted by Crippen LogP contribution is -2.39. The van der Waals surface area contributed by atoms with Gasteiger partial charge in [-0.1, -0.05) is 0 Å². The van der Waals surface area contributed by atoms with Crippen molar-refractivity contribution in [1.29, 1.82) is 0 Å². The highest BCUT2D eigenvalue weighted by Gasteiger charge is 2.39. The molecule has 2 saturated heterocycles. The Morgan fingerprint density at radius 2 is 2.33 bits per heavy atom. The standard InChI is InChI=1S/C11H19NO3/c1-8-9(3-6-15-8)10(13)12-5-4-11(2,14)7-12/h8-9,14H,3-7H2,1-2H3. The molecular formula is C11H19NO3. The smallest absolute Gasteiger partial charge is 0.228 e. The van der Waals surface area contributed by atoms with Crippen molar-refractivity contribution in [3.8, 4) is 0 Å². The van der Waals surface area contributed by atoms with Crippen LogP contribution in [0.3, 0.4) is 0 Å². The molecule has 2 rings (SSSR count). The molecule has 0 aromatic heterocycles. The van der Waals surface area contributed by atoms with Gasteiger partial charge in [-0.2, -0.15) is 0 Å². The summed E-state index contributed by atoms with van der Waals surface area (Å²) in [5.74, 6) is 0.150. The second-order valence-electron chi connectivity index (χ2n) is 4.98. The van der Waals surface area contributed by atoms with Crippen molar-refractivity contribution >= 4 is 5.91 Å². The molecule has 1 N–H and O–H groups in total. The lowest BCUT2D eigenvalue weighted by molar-refractivity contribution is -0.136. The van der Waals surface area contributed by atoms with E-state index in [2.05, 4.69) is 0 Å². The van der Waals surface area contributed by atoms with Gasteiger partial charge in [0.05, 0.1) is 17.6 Å². The topological polar surface area (TPSA) is 49.8 Å². The van der Waals surface area contributed by atoms with Crippen molar-refractivity contribution in [1.82, 2.24) is 4.90 Å². The number of hydrogen-bond acceptors (Lipinski definition) is 3. The zero-order valence-electron chi connectivity index (χ0n) is 9.40. The van der Waals surface area contributed by atoms with E-state index in [1.165, 1.54) is 0 Å². The third-order valence-electron chi connectivity index (χ3n) is 3.46. The van der Waals surface area contributed by atoms with E-state index in [0.29, 0.717) is 26.1 Å². The molecule has 0 spiro atoms. The summed E-state index contributed by atoms with van der Waals surface area (Å²) >= 11 is 0. The summed E-state index contributed by atoms with van der Waals surface area (Å²) in [6.45, 7) is 5.56. The van der Waals surface area contributed by atoms with Gasteiger partial charge in [0.25, 0.3) is 0 Å². The van der Waals surface area contributed by atoms with Crippen molar-refractivity contribution in [3.63, 3.8) is 0 Å². The highest BCUT2D eigenvalue weighted by Crippen LogP contribution is 2.27. The first-order valence-electron chi connectivity index (χ1n) is 5.62. The number of ether oxygens (including phenoxy) is 1. The van der Waals surface area contributed by atoms with Crippen LogP contribution in [0.4, 0.5) is 0 Å². The average molecular weight is 213 g/mol. The van der Waals surface area contributed by atoms with E-state index in [1.54, 1.807) is 11.8 Å². The van der Waals surface area contributed by atoms with Crippen LogP contribution < -0.4 is 0 Å². The number of carbonyl (C=O) groups is 1. The first-order valence-corrected chi connectivity index (χ1v) is 5.62. The Morgan fingerprint density at radius 3 is 2.80 bits per heavy atom. The van der Waals surface area contributed by atoms with Crippen molar-refractivity contribution in [2.45, 2.75) is 38.4 Å². The fourth-order valence-electron chi connectivity index (χ4n) is 2.42. The molecule has 1 amide bonds. The number of hydrogen-bond donors (Lipinski definition) is 1. The molecule has 0 aromatic rings. The molecule has 3 unspecified atom stereocenters. The summed E-state index contributed by atoms with van der Waals surface area (Å²) < 4.78 is 5.39. The van der Waals surface area contributed by atoms with Crippen molar-refractivity contribution in [2.75, 3.05) is 19.7 Å². The molecule has 0 aromatic carbocycles. The van der Waals surface area contributed by atoms with Crippen LogP contribution in [0, 0.1) is 5.92 Å². The van der Waals surface area contributed by atoms with Gasteiger partial charge in [-0.05, 0) is 26.7 Å². The minimum atomic E-state index is -0.696. The van der Waals surface area contributed by atoms with Crippen molar-refractivity contribution in [2.24, 2.45) is 5.92 Å². The van der Waals surface area contributed by atoms with Gasteiger partial charge in [-0.3, -0.25) is 4.79 Å². The van der Waals surface area contributed by atoms with Gasteiger partial charge in [0.1, 0.15) is 0 Å². The van der Waals surface area contributed by atoms with Gasteiger partial charge in [-0.15, -0.1) is 0 Å². The van der Waals surface area contributed by atoms with Crippen LogP contribution in [0.25, 0.3) is 0 Å². The van der Waals surface area contributed by atoms with E-state index in [9.17, 15) is 9.90 Å². The lowest BCUT2D eigenvalue weighted by Gasteiger charge is -2.23. The second kappa shape index (κ2) is 3.76. The predicted molar refractivity (Wildman–Crippen MR) is 55.3 cm³/mol. The monoisotopic (exact) mass is 213 g/mol. The quantitative estimate of drug-likeness (QED) is 0.685. The predicted octanol–water partition coefficient (Wildman–Crippen LogP) is 0.395. The van der Waals surface area contributed by atoms with Crippen LogP contribution >= 0.6 is 0 Å².